The minimum absolute atomic E-state index is 0.828. The fourth-order valence-corrected chi connectivity index (χ4v) is 2.99. The Morgan fingerprint density at radius 3 is 1.53 bits per heavy atom. The maximum absolute atomic E-state index is 4.47. The monoisotopic (exact) mass is 386 g/mol. The van der Waals surface area contributed by atoms with Gasteiger partial charge in [-0.1, -0.05) is 115 Å². The van der Waals surface area contributed by atoms with Gasteiger partial charge in [-0.05, 0) is 34.9 Å². The Kier molecular flexibility index (Phi) is 6.39. The molecule has 30 heavy (non-hydrogen) atoms. The highest BCUT2D eigenvalue weighted by Gasteiger charge is 1.98. The van der Waals surface area contributed by atoms with Gasteiger partial charge in [-0.25, -0.2) is 0 Å². The average molecular weight is 386 g/mol. The fourth-order valence-electron chi connectivity index (χ4n) is 2.99. The van der Waals surface area contributed by atoms with Crippen molar-refractivity contribution < 1.29 is 0 Å². The van der Waals surface area contributed by atoms with E-state index in [1.165, 1.54) is 5.56 Å². The summed E-state index contributed by atoms with van der Waals surface area (Å²) in [6.45, 7) is 0. The molecule has 0 spiro atoms. The molecule has 0 atom stereocenters. The van der Waals surface area contributed by atoms with E-state index >= 15 is 0 Å². The zero-order valence-electron chi connectivity index (χ0n) is 16.6. The minimum atomic E-state index is 0.828. The lowest BCUT2D eigenvalue weighted by molar-refractivity contribution is 1.23. The first kappa shape index (κ1) is 19.3. The van der Waals surface area contributed by atoms with Gasteiger partial charge in [0.1, 0.15) is 0 Å². The first-order chi connectivity index (χ1) is 14.9. The average Bonchev–Trinajstić information content (AvgIpc) is 2.82. The van der Waals surface area contributed by atoms with Crippen molar-refractivity contribution in [2.45, 2.75) is 0 Å². The van der Waals surface area contributed by atoms with Crippen molar-refractivity contribution in [3.8, 4) is 0 Å². The maximum Gasteiger partial charge on any atom is 0.0929 e. The lowest BCUT2D eigenvalue weighted by atomic mass is 10.1. The Morgan fingerprint density at radius 2 is 0.900 bits per heavy atom. The molecular weight excluding hydrogens is 364 g/mol. The summed E-state index contributed by atoms with van der Waals surface area (Å²) in [7, 11) is 0. The highest BCUT2D eigenvalue weighted by Crippen LogP contribution is 2.24. The van der Waals surface area contributed by atoms with E-state index in [0.717, 1.165) is 28.1 Å². The van der Waals surface area contributed by atoms with Crippen molar-refractivity contribution in [3.63, 3.8) is 0 Å². The molecule has 4 aromatic rings. The molecule has 0 radical (unpaired) electrons. The van der Waals surface area contributed by atoms with Crippen LogP contribution < -0.4 is 0 Å². The summed E-state index contributed by atoms with van der Waals surface area (Å²) in [6.07, 6.45) is 8.36. The molecule has 0 aliphatic carbocycles. The molecule has 0 aliphatic heterocycles. The van der Waals surface area contributed by atoms with Gasteiger partial charge in [0.05, 0.1) is 11.4 Å². The van der Waals surface area contributed by atoms with E-state index in [4.69, 9.17) is 0 Å². The van der Waals surface area contributed by atoms with Crippen LogP contribution in [-0.2, 0) is 0 Å². The summed E-state index contributed by atoms with van der Waals surface area (Å²) in [4.78, 5) is 0. The van der Waals surface area contributed by atoms with Crippen LogP contribution in [0.5, 0.6) is 0 Å². The molecule has 0 unspecified atom stereocenters. The number of nitrogens with zero attached hydrogens (tertiary/aromatic N) is 2. The lowest BCUT2D eigenvalue weighted by Crippen LogP contribution is -1.75. The number of benzene rings is 4. The van der Waals surface area contributed by atoms with Crippen LogP contribution in [0.1, 0.15) is 22.3 Å². The minimum Gasteiger partial charge on any atom is -0.151 e. The second-order valence-electron chi connectivity index (χ2n) is 6.84. The van der Waals surface area contributed by atoms with E-state index in [0.29, 0.717) is 0 Å². The highest BCUT2D eigenvalue weighted by molar-refractivity contribution is 5.75. The largest absolute Gasteiger partial charge is 0.151 e. The summed E-state index contributed by atoms with van der Waals surface area (Å²) in [5.74, 6) is 0. The summed E-state index contributed by atoms with van der Waals surface area (Å²) < 4.78 is 0. The molecule has 4 rings (SSSR count). The highest BCUT2D eigenvalue weighted by atomic mass is 15.1. The normalized spacial score (nSPS) is 11.6. The van der Waals surface area contributed by atoms with Crippen LogP contribution in [0, 0.1) is 0 Å². The Labute approximate surface area is 177 Å². The molecule has 0 N–H and O–H groups in total. The molecule has 0 saturated carbocycles. The second kappa shape index (κ2) is 9.94. The standard InChI is InChI=1S/C28H22N2/c1-3-9-23(10-4-1)15-16-25-18-21-27(22-19-25)29-30-28-14-8-7-13-26(28)20-17-24-11-5-2-6-12-24/h1-22H/b16-15+,20-17+,30-29?. The third-order valence-corrected chi connectivity index (χ3v) is 4.63. The molecule has 2 nitrogen and oxygen atoms in total. The molecule has 0 heterocycles. The van der Waals surface area contributed by atoms with E-state index in [1.807, 2.05) is 72.8 Å². The van der Waals surface area contributed by atoms with Crippen LogP contribution in [-0.4, -0.2) is 0 Å². The lowest BCUT2D eigenvalue weighted by Gasteiger charge is -2.00. The maximum atomic E-state index is 4.47. The summed E-state index contributed by atoms with van der Waals surface area (Å²) in [6, 6.07) is 36.6. The number of hydrogen-bond acceptors (Lipinski definition) is 2. The first-order valence-corrected chi connectivity index (χ1v) is 9.94. The van der Waals surface area contributed by atoms with Gasteiger partial charge in [-0.2, -0.15) is 5.11 Å². The van der Waals surface area contributed by atoms with Crippen molar-refractivity contribution in [2.24, 2.45) is 10.2 Å². The first-order valence-electron chi connectivity index (χ1n) is 9.94. The van der Waals surface area contributed by atoms with E-state index in [9.17, 15) is 0 Å². The van der Waals surface area contributed by atoms with Crippen LogP contribution in [0.2, 0.25) is 0 Å². The number of rotatable bonds is 6. The second-order valence-corrected chi connectivity index (χ2v) is 6.84. The van der Waals surface area contributed by atoms with Crippen LogP contribution in [0.15, 0.2) is 119 Å². The van der Waals surface area contributed by atoms with Gasteiger partial charge in [0.25, 0.3) is 0 Å². The van der Waals surface area contributed by atoms with Crippen molar-refractivity contribution in [2.75, 3.05) is 0 Å². The Balaban J connectivity index is 1.46. The molecule has 144 valence electrons. The molecule has 2 heteroatoms. The van der Waals surface area contributed by atoms with E-state index in [-0.39, 0.29) is 0 Å². The predicted octanol–water partition coefficient (Wildman–Crippen LogP) is 8.44. The SMILES string of the molecule is C(=C\c1ccc(N=Nc2ccccc2/C=C/c2ccccc2)cc1)/c1ccccc1. The third kappa shape index (κ3) is 5.49. The van der Waals surface area contributed by atoms with Gasteiger partial charge in [-0.3, -0.25) is 0 Å². The van der Waals surface area contributed by atoms with Gasteiger partial charge < -0.3 is 0 Å². The predicted molar refractivity (Wildman–Crippen MR) is 128 cm³/mol. The topological polar surface area (TPSA) is 24.7 Å². The third-order valence-electron chi connectivity index (χ3n) is 4.63. The summed E-state index contributed by atoms with van der Waals surface area (Å²) in [5.41, 5.74) is 6.17. The zero-order chi connectivity index (χ0) is 20.4. The Bertz CT molecular complexity index is 1160. The molecule has 0 aromatic heterocycles. The molecular formula is C28H22N2. The Hall–Kier alpha value is -4.04. The van der Waals surface area contributed by atoms with Crippen molar-refractivity contribution in [1.82, 2.24) is 0 Å². The smallest absolute Gasteiger partial charge is 0.0929 e. The van der Waals surface area contributed by atoms with Gasteiger partial charge in [0, 0.05) is 5.56 Å². The van der Waals surface area contributed by atoms with Crippen LogP contribution in [0.25, 0.3) is 24.3 Å². The van der Waals surface area contributed by atoms with Gasteiger partial charge in [-0.15, -0.1) is 5.11 Å². The molecule has 0 aliphatic rings. The van der Waals surface area contributed by atoms with Crippen LogP contribution >= 0.6 is 0 Å². The summed E-state index contributed by atoms with van der Waals surface area (Å²) in [5, 5.41) is 8.89. The van der Waals surface area contributed by atoms with Crippen molar-refractivity contribution >= 4 is 35.7 Å². The van der Waals surface area contributed by atoms with Gasteiger partial charge in [0.2, 0.25) is 0 Å². The van der Waals surface area contributed by atoms with E-state index < -0.39 is 0 Å². The fraction of sp³-hybridized carbons (Fsp3) is 0. The van der Waals surface area contributed by atoms with Crippen LogP contribution in [0.4, 0.5) is 11.4 Å². The van der Waals surface area contributed by atoms with E-state index in [2.05, 4.69) is 70.9 Å². The quantitative estimate of drug-likeness (QED) is 0.235. The van der Waals surface area contributed by atoms with Crippen molar-refractivity contribution in [1.29, 1.82) is 0 Å². The molecule has 0 fully saturated rings. The van der Waals surface area contributed by atoms with Crippen LogP contribution in [0.3, 0.4) is 0 Å². The molecule has 0 bridgehead atoms. The number of hydrogen-bond donors (Lipinski definition) is 0. The van der Waals surface area contributed by atoms with Crippen molar-refractivity contribution in [3.05, 3.63) is 131 Å². The van der Waals surface area contributed by atoms with Gasteiger partial charge >= 0.3 is 0 Å². The Morgan fingerprint density at radius 1 is 0.400 bits per heavy atom. The van der Waals surface area contributed by atoms with Gasteiger partial charge in [0.15, 0.2) is 0 Å². The molecule has 0 saturated heterocycles. The molecule has 0 amide bonds. The molecule has 4 aromatic carbocycles. The summed E-state index contributed by atoms with van der Waals surface area (Å²) >= 11 is 0. The number of azo groups is 1. The zero-order valence-corrected chi connectivity index (χ0v) is 16.6. The van der Waals surface area contributed by atoms with E-state index in [1.54, 1.807) is 0 Å².